The third kappa shape index (κ3) is 2.19. The number of amides is 1. The van der Waals surface area contributed by atoms with E-state index in [1.54, 1.807) is 4.90 Å². The van der Waals surface area contributed by atoms with Gasteiger partial charge in [0.2, 0.25) is 5.91 Å². The van der Waals surface area contributed by atoms with E-state index >= 15 is 0 Å². The molecule has 0 spiro atoms. The second-order valence-electron chi connectivity index (χ2n) is 4.74. The molecule has 3 atom stereocenters. The molecule has 1 saturated carbocycles. The standard InChI is InChI=1S/C11H17NO4/c13-4-2-7-1-3-12(6-7)10(14)8-5-9(8)11(15)16/h7-9,13H,1-6H2,(H,15,16). The lowest BCUT2D eigenvalue weighted by molar-refractivity contribution is -0.141. The Labute approximate surface area is 94.0 Å². The molecule has 1 aliphatic carbocycles. The van der Waals surface area contributed by atoms with Crippen LogP contribution in [0.2, 0.25) is 0 Å². The molecule has 2 fully saturated rings. The van der Waals surface area contributed by atoms with Crippen molar-refractivity contribution in [2.24, 2.45) is 17.8 Å². The zero-order valence-corrected chi connectivity index (χ0v) is 9.13. The Balaban J connectivity index is 1.82. The minimum atomic E-state index is -0.857. The summed E-state index contributed by atoms with van der Waals surface area (Å²) in [6, 6.07) is 0. The average Bonchev–Trinajstić information content (AvgIpc) is 2.92. The van der Waals surface area contributed by atoms with Crippen molar-refractivity contribution in [3.8, 4) is 0 Å². The third-order valence-electron chi connectivity index (χ3n) is 3.56. The maximum atomic E-state index is 11.9. The molecular weight excluding hydrogens is 210 g/mol. The lowest BCUT2D eigenvalue weighted by Gasteiger charge is -2.16. The Bertz CT molecular complexity index is 304. The first-order valence-electron chi connectivity index (χ1n) is 5.76. The van der Waals surface area contributed by atoms with Crippen LogP contribution in [0.15, 0.2) is 0 Å². The maximum absolute atomic E-state index is 11.9. The molecule has 0 bridgehead atoms. The lowest BCUT2D eigenvalue weighted by atomic mass is 10.1. The second kappa shape index (κ2) is 4.41. The van der Waals surface area contributed by atoms with Crippen LogP contribution in [0.3, 0.4) is 0 Å². The monoisotopic (exact) mass is 227 g/mol. The Morgan fingerprint density at radius 3 is 2.62 bits per heavy atom. The Hall–Kier alpha value is -1.10. The van der Waals surface area contributed by atoms with Crippen molar-refractivity contribution in [2.75, 3.05) is 19.7 Å². The summed E-state index contributed by atoms with van der Waals surface area (Å²) in [6.07, 6.45) is 2.16. The van der Waals surface area contributed by atoms with Crippen LogP contribution in [0, 0.1) is 17.8 Å². The van der Waals surface area contributed by atoms with Crippen molar-refractivity contribution in [3.63, 3.8) is 0 Å². The summed E-state index contributed by atoms with van der Waals surface area (Å²) in [6.45, 7) is 1.56. The van der Waals surface area contributed by atoms with Gasteiger partial charge in [0.05, 0.1) is 11.8 Å². The summed E-state index contributed by atoms with van der Waals surface area (Å²) in [4.78, 5) is 24.3. The average molecular weight is 227 g/mol. The number of aliphatic hydroxyl groups is 1. The molecule has 16 heavy (non-hydrogen) atoms. The predicted octanol–water partition coefficient (Wildman–Crippen LogP) is -0.0620. The Kier molecular flexibility index (Phi) is 3.14. The minimum absolute atomic E-state index is 0.00663. The van der Waals surface area contributed by atoms with Gasteiger partial charge in [-0.05, 0) is 25.2 Å². The van der Waals surface area contributed by atoms with Crippen LogP contribution in [0.25, 0.3) is 0 Å². The topological polar surface area (TPSA) is 77.8 Å². The molecule has 90 valence electrons. The summed E-state index contributed by atoms with van der Waals surface area (Å²) >= 11 is 0. The molecule has 2 N–H and O–H groups in total. The number of aliphatic carboxylic acids is 1. The Morgan fingerprint density at radius 2 is 2.06 bits per heavy atom. The number of aliphatic hydroxyl groups excluding tert-OH is 1. The lowest BCUT2D eigenvalue weighted by Crippen LogP contribution is -2.31. The number of hydrogen-bond acceptors (Lipinski definition) is 3. The molecule has 0 aromatic heterocycles. The van der Waals surface area contributed by atoms with E-state index < -0.39 is 11.9 Å². The highest BCUT2D eigenvalue weighted by atomic mass is 16.4. The van der Waals surface area contributed by atoms with Gasteiger partial charge in [0, 0.05) is 19.7 Å². The molecule has 1 amide bonds. The fourth-order valence-corrected chi connectivity index (χ4v) is 2.43. The van der Waals surface area contributed by atoms with Crippen LogP contribution in [0.5, 0.6) is 0 Å². The van der Waals surface area contributed by atoms with E-state index in [1.807, 2.05) is 0 Å². The number of carbonyl (C=O) groups is 2. The van der Waals surface area contributed by atoms with Gasteiger partial charge in [-0.2, -0.15) is 0 Å². The molecule has 1 saturated heterocycles. The van der Waals surface area contributed by atoms with Gasteiger partial charge in [0.15, 0.2) is 0 Å². The Morgan fingerprint density at radius 1 is 1.31 bits per heavy atom. The summed E-state index contributed by atoms with van der Waals surface area (Å²) in [7, 11) is 0. The van der Waals surface area contributed by atoms with E-state index in [0.29, 0.717) is 25.4 Å². The van der Waals surface area contributed by atoms with Crippen LogP contribution in [0.1, 0.15) is 19.3 Å². The fourth-order valence-electron chi connectivity index (χ4n) is 2.43. The largest absolute Gasteiger partial charge is 0.481 e. The smallest absolute Gasteiger partial charge is 0.307 e. The molecule has 0 aromatic carbocycles. The van der Waals surface area contributed by atoms with Gasteiger partial charge in [-0.1, -0.05) is 0 Å². The van der Waals surface area contributed by atoms with E-state index in [0.717, 1.165) is 12.8 Å². The van der Waals surface area contributed by atoms with Gasteiger partial charge in [0.25, 0.3) is 0 Å². The first-order valence-corrected chi connectivity index (χ1v) is 5.76. The summed E-state index contributed by atoms with van der Waals surface area (Å²) in [5.41, 5.74) is 0. The van der Waals surface area contributed by atoms with E-state index in [1.165, 1.54) is 0 Å². The molecule has 2 rings (SSSR count). The van der Waals surface area contributed by atoms with E-state index in [9.17, 15) is 9.59 Å². The van der Waals surface area contributed by atoms with Crippen molar-refractivity contribution in [3.05, 3.63) is 0 Å². The first-order chi connectivity index (χ1) is 7.63. The van der Waals surface area contributed by atoms with E-state index in [4.69, 9.17) is 10.2 Å². The molecule has 1 aliphatic heterocycles. The van der Waals surface area contributed by atoms with Crippen LogP contribution < -0.4 is 0 Å². The second-order valence-corrected chi connectivity index (χ2v) is 4.74. The minimum Gasteiger partial charge on any atom is -0.481 e. The van der Waals surface area contributed by atoms with Gasteiger partial charge in [-0.15, -0.1) is 0 Å². The van der Waals surface area contributed by atoms with Gasteiger partial charge >= 0.3 is 5.97 Å². The van der Waals surface area contributed by atoms with Crippen LogP contribution in [-0.4, -0.2) is 46.7 Å². The molecule has 0 radical (unpaired) electrons. The SMILES string of the molecule is O=C(O)C1CC1C(=O)N1CCC(CCO)C1. The van der Waals surface area contributed by atoms with Crippen molar-refractivity contribution < 1.29 is 19.8 Å². The quantitative estimate of drug-likeness (QED) is 0.705. The first kappa shape index (κ1) is 11.4. The van der Waals surface area contributed by atoms with Crippen molar-refractivity contribution in [2.45, 2.75) is 19.3 Å². The number of carboxylic acid groups (broad SMARTS) is 1. The van der Waals surface area contributed by atoms with Crippen LogP contribution in [-0.2, 0) is 9.59 Å². The molecule has 0 aromatic rings. The molecule has 1 heterocycles. The zero-order valence-electron chi connectivity index (χ0n) is 9.13. The number of likely N-dealkylation sites (tertiary alicyclic amines) is 1. The summed E-state index contributed by atoms with van der Waals surface area (Å²) < 4.78 is 0. The van der Waals surface area contributed by atoms with Crippen LogP contribution >= 0.6 is 0 Å². The van der Waals surface area contributed by atoms with Gasteiger partial charge in [-0.25, -0.2) is 0 Å². The normalized spacial score (nSPS) is 32.8. The van der Waals surface area contributed by atoms with E-state index in [-0.39, 0.29) is 18.4 Å². The molecule has 5 nitrogen and oxygen atoms in total. The van der Waals surface area contributed by atoms with Crippen LogP contribution in [0.4, 0.5) is 0 Å². The number of rotatable bonds is 4. The molecule has 5 heteroatoms. The highest BCUT2D eigenvalue weighted by Gasteiger charge is 2.50. The third-order valence-corrected chi connectivity index (χ3v) is 3.56. The molecule has 2 aliphatic rings. The van der Waals surface area contributed by atoms with Crippen molar-refractivity contribution >= 4 is 11.9 Å². The van der Waals surface area contributed by atoms with E-state index in [2.05, 4.69) is 0 Å². The highest BCUT2D eigenvalue weighted by molar-refractivity contribution is 5.89. The van der Waals surface area contributed by atoms with Crippen molar-refractivity contribution in [1.29, 1.82) is 0 Å². The maximum Gasteiger partial charge on any atom is 0.307 e. The number of carbonyl (C=O) groups excluding carboxylic acids is 1. The predicted molar refractivity (Wildman–Crippen MR) is 55.6 cm³/mol. The van der Waals surface area contributed by atoms with Gasteiger partial charge in [0.1, 0.15) is 0 Å². The van der Waals surface area contributed by atoms with Gasteiger partial charge in [-0.3, -0.25) is 9.59 Å². The summed E-state index contributed by atoms with van der Waals surface area (Å²) in [5.74, 6) is -1.22. The number of nitrogens with zero attached hydrogens (tertiary/aromatic N) is 1. The molecular formula is C11H17NO4. The number of hydrogen-bond donors (Lipinski definition) is 2. The zero-order chi connectivity index (χ0) is 11.7. The summed E-state index contributed by atoms with van der Waals surface area (Å²) in [5, 5.41) is 17.6. The fraction of sp³-hybridized carbons (Fsp3) is 0.818. The molecule has 3 unspecified atom stereocenters. The van der Waals surface area contributed by atoms with Gasteiger partial charge < -0.3 is 15.1 Å². The highest BCUT2D eigenvalue weighted by Crippen LogP contribution is 2.41. The van der Waals surface area contributed by atoms with Crippen molar-refractivity contribution in [1.82, 2.24) is 4.90 Å². The number of carboxylic acids is 1.